The fourth-order valence-electron chi connectivity index (χ4n) is 2.47. The van der Waals surface area contributed by atoms with Crippen molar-refractivity contribution in [1.29, 1.82) is 0 Å². The number of likely N-dealkylation sites (tertiary alicyclic amines) is 1. The van der Waals surface area contributed by atoms with E-state index in [-0.39, 0.29) is 17.9 Å². The summed E-state index contributed by atoms with van der Waals surface area (Å²) in [5.74, 6) is 0.306. The SMILES string of the molecule is O=C(C1CNNC1c1ccccc1)N1CCC1. The third-order valence-electron chi connectivity index (χ3n) is 3.63. The molecule has 1 aromatic carbocycles. The molecular weight excluding hydrogens is 214 g/mol. The van der Waals surface area contributed by atoms with Gasteiger partial charge in [-0.2, -0.15) is 0 Å². The van der Waals surface area contributed by atoms with E-state index in [0.717, 1.165) is 26.1 Å². The fraction of sp³-hybridized carbons (Fsp3) is 0.462. The van der Waals surface area contributed by atoms with Crippen molar-refractivity contribution in [1.82, 2.24) is 15.8 Å². The van der Waals surface area contributed by atoms with Gasteiger partial charge in [-0.15, -0.1) is 0 Å². The van der Waals surface area contributed by atoms with Crippen molar-refractivity contribution < 1.29 is 4.79 Å². The summed E-state index contributed by atoms with van der Waals surface area (Å²) in [7, 11) is 0. The van der Waals surface area contributed by atoms with Crippen LogP contribution in [0.3, 0.4) is 0 Å². The number of hydrazine groups is 1. The van der Waals surface area contributed by atoms with Crippen LogP contribution in [0.15, 0.2) is 30.3 Å². The summed E-state index contributed by atoms with van der Waals surface area (Å²) in [6, 6.07) is 10.3. The van der Waals surface area contributed by atoms with Crippen molar-refractivity contribution in [2.45, 2.75) is 12.5 Å². The second kappa shape index (κ2) is 4.47. The van der Waals surface area contributed by atoms with Crippen molar-refractivity contribution >= 4 is 5.91 Å². The molecule has 2 aliphatic heterocycles. The zero-order chi connectivity index (χ0) is 11.7. The molecule has 2 N–H and O–H groups in total. The number of benzene rings is 1. The van der Waals surface area contributed by atoms with Crippen LogP contribution < -0.4 is 10.9 Å². The average molecular weight is 231 g/mol. The zero-order valence-electron chi connectivity index (χ0n) is 9.73. The Morgan fingerprint density at radius 1 is 1.24 bits per heavy atom. The summed E-state index contributed by atoms with van der Waals surface area (Å²) in [4.78, 5) is 14.2. The Hall–Kier alpha value is -1.39. The summed E-state index contributed by atoms with van der Waals surface area (Å²) in [5.41, 5.74) is 7.49. The lowest BCUT2D eigenvalue weighted by Crippen LogP contribution is -2.46. The molecule has 1 amide bonds. The highest BCUT2D eigenvalue weighted by atomic mass is 16.2. The fourth-order valence-corrected chi connectivity index (χ4v) is 2.47. The van der Waals surface area contributed by atoms with Crippen LogP contribution in [0.4, 0.5) is 0 Å². The smallest absolute Gasteiger partial charge is 0.229 e. The lowest BCUT2D eigenvalue weighted by atomic mass is 9.93. The molecule has 1 aromatic rings. The first-order valence-corrected chi connectivity index (χ1v) is 6.18. The lowest BCUT2D eigenvalue weighted by molar-refractivity contribution is -0.139. The molecule has 2 aliphatic rings. The lowest BCUT2D eigenvalue weighted by Gasteiger charge is -2.34. The van der Waals surface area contributed by atoms with Gasteiger partial charge < -0.3 is 4.90 Å². The largest absolute Gasteiger partial charge is 0.342 e. The van der Waals surface area contributed by atoms with E-state index in [2.05, 4.69) is 23.0 Å². The minimum absolute atomic E-state index is 0.0256. The molecule has 4 nitrogen and oxygen atoms in total. The predicted molar refractivity (Wildman–Crippen MR) is 65.0 cm³/mol. The van der Waals surface area contributed by atoms with E-state index in [4.69, 9.17) is 0 Å². The maximum Gasteiger partial charge on any atom is 0.229 e. The van der Waals surface area contributed by atoms with Gasteiger partial charge in [-0.1, -0.05) is 30.3 Å². The van der Waals surface area contributed by atoms with Crippen molar-refractivity contribution in [3.63, 3.8) is 0 Å². The molecule has 0 radical (unpaired) electrons. The van der Waals surface area contributed by atoms with Gasteiger partial charge in [0.1, 0.15) is 0 Å². The van der Waals surface area contributed by atoms with Crippen LogP contribution in [0.25, 0.3) is 0 Å². The molecule has 2 unspecified atom stereocenters. The first kappa shape index (κ1) is 10.7. The molecule has 2 atom stereocenters. The number of carbonyl (C=O) groups excluding carboxylic acids is 1. The molecule has 2 fully saturated rings. The van der Waals surface area contributed by atoms with Crippen LogP contribution >= 0.6 is 0 Å². The summed E-state index contributed by atoms with van der Waals surface area (Å²) < 4.78 is 0. The zero-order valence-corrected chi connectivity index (χ0v) is 9.73. The molecule has 4 heteroatoms. The highest BCUT2D eigenvalue weighted by molar-refractivity contribution is 5.81. The Balaban J connectivity index is 1.77. The number of carbonyl (C=O) groups is 1. The van der Waals surface area contributed by atoms with Gasteiger partial charge in [-0.3, -0.25) is 10.2 Å². The number of nitrogens with zero attached hydrogens (tertiary/aromatic N) is 1. The molecule has 0 bridgehead atoms. The molecule has 17 heavy (non-hydrogen) atoms. The van der Waals surface area contributed by atoms with E-state index in [0.29, 0.717) is 0 Å². The topological polar surface area (TPSA) is 44.4 Å². The molecule has 90 valence electrons. The van der Waals surface area contributed by atoms with Crippen LogP contribution in [-0.2, 0) is 4.79 Å². The Morgan fingerprint density at radius 2 is 2.00 bits per heavy atom. The van der Waals surface area contributed by atoms with Crippen molar-refractivity contribution in [2.75, 3.05) is 19.6 Å². The Labute approximate surface area is 101 Å². The van der Waals surface area contributed by atoms with Gasteiger partial charge in [0.25, 0.3) is 0 Å². The quantitative estimate of drug-likeness (QED) is 0.787. The Kier molecular flexibility index (Phi) is 2.82. The molecule has 0 aliphatic carbocycles. The highest BCUT2D eigenvalue weighted by Crippen LogP contribution is 2.27. The van der Waals surface area contributed by atoms with Crippen LogP contribution in [0, 0.1) is 5.92 Å². The molecule has 3 rings (SSSR count). The predicted octanol–water partition coefficient (Wildman–Crippen LogP) is 0.684. The molecular formula is C13H17N3O. The first-order chi connectivity index (χ1) is 8.36. The molecule has 0 aromatic heterocycles. The summed E-state index contributed by atoms with van der Waals surface area (Å²) >= 11 is 0. The van der Waals surface area contributed by atoms with Gasteiger partial charge in [-0.25, -0.2) is 5.43 Å². The number of rotatable bonds is 2. The molecule has 2 saturated heterocycles. The van der Waals surface area contributed by atoms with Crippen LogP contribution in [0.5, 0.6) is 0 Å². The van der Waals surface area contributed by atoms with E-state index in [1.54, 1.807) is 0 Å². The van der Waals surface area contributed by atoms with Crippen LogP contribution in [-0.4, -0.2) is 30.4 Å². The van der Waals surface area contributed by atoms with Crippen molar-refractivity contribution in [2.24, 2.45) is 5.92 Å². The third kappa shape index (κ3) is 1.94. The maximum atomic E-state index is 12.3. The second-order valence-corrected chi connectivity index (χ2v) is 4.70. The van der Waals surface area contributed by atoms with E-state index in [9.17, 15) is 4.79 Å². The van der Waals surface area contributed by atoms with Crippen molar-refractivity contribution in [3.05, 3.63) is 35.9 Å². The molecule has 0 spiro atoms. The third-order valence-corrected chi connectivity index (χ3v) is 3.63. The van der Waals surface area contributed by atoms with Crippen molar-refractivity contribution in [3.8, 4) is 0 Å². The molecule has 0 saturated carbocycles. The van der Waals surface area contributed by atoms with E-state index >= 15 is 0 Å². The second-order valence-electron chi connectivity index (χ2n) is 4.70. The van der Waals surface area contributed by atoms with E-state index in [1.807, 2.05) is 23.1 Å². The standard InChI is InChI=1S/C13H17N3O/c17-13(16-7-4-8-16)11-9-14-15-12(11)10-5-2-1-3-6-10/h1-3,5-6,11-12,14-15H,4,7-9H2. The molecule has 2 heterocycles. The van der Waals surface area contributed by atoms with E-state index in [1.165, 1.54) is 5.56 Å². The first-order valence-electron chi connectivity index (χ1n) is 6.18. The van der Waals surface area contributed by atoms with Gasteiger partial charge >= 0.3 is 0 Å². The summed E-state index contributed by atoms with van der Waals surface area (Å²) in [6.45, 7) is 2.57. The minimum atomic E-state index is 0.0256. The average Bonchev–Trinajstić information content (AvgIpc) is 2.76. The summed E-state index contributed by atoms with van der Waals surface area (Å²) in [5, 5.41) is 0. The number of nitrogens with one attached hydrogen (secondary N) is 2. The number of hydrogen-bond acceptors (Lipinski definition) is 3. The minimum Gasteiger partial charge on any atom is -0.342 e. The Bertz CT molecular complexity index is 402. The number of hydrogen-bond donors (Lipinski definition) is 2. The Morgan fingerprint density at radius 3 is 2.65 bits per heavy atom. The number of amides is 1. The van der Waals surface area contributed by atoms with Crippen LogP contribution in [0.2, 0.25) is 0 Å². The van der Waals surface area contributed by atoms with Gasteiger partial charge in [0.2, 0.25) is 5.91 Å². The monoisotopic (exact) mass is 231 g/mol. The van der Waals surface area contributed by atoms with Gasteiger partial charge in [0, 0.05) is 19.6 Å². The van der Waals surface area contributed by atoms with Gasteiger partial charge in [-0.05, 0) is 12.0 Å². The van der Waals surface area contributed by atoms with Gasteiger partial charge in [0.15, 0.2) is 0 Å². The normalized spacial score (nSPS) is 27.9. The summed E-state index contributed by atoms with van der Waals surface area (Å²) in [6.07, 6.45) is 1.15. The van der Waals surface area contributed by atoms with Gasteiger partial charge in [0.05, 0.1) is 12.0 Å². The maximum absolute atomic E-state index is 12.3. The highest BCUT2D eigenvalue weighted by Gasteiger charge is 2.37. The van der Waals surface area contributed by atoms with Crippen LogP contribution in [0.1, 0.15) is 18.0 Å². The van der Waals surface area contributed by atoms with E-state index < -0.39 is 0 Å².